The number of unbranched alkanes of at least 4 members (excludes halogenated alkanes) is 2. The molecule has 0 aromatic heterocycles. The monoisotopic (exact) mass is 645 g/mol. The number of carbonyl (C=O) groups excluding carboxylic acids is 6. The number of rotatable bonds is 11. The lowest BCUT2D eigenvalue weighted by Crippen LogP contribution is -2.70. The number of ketones is 1. The van der Waals surface area contributed by atoms with E-state index in [1.54, 1.807) is 30.3 Å². The van der Waals surface area contributed by atoms with Crippen molar-refractivity contribution in [3.05, 3.63) is 35.9 Å². The standard InChI is InChI=1S/C31H43N5O6S2/c1-3-4-6-14-24(39)36(27(40)21(32)15-17-43-2)30(19-37)23(38)13-9-10-16-31(26-22(18-44-31)33-29(42)35-26)28(41)34-25(30)20-11-7-5-8-12-20/h5,7-8,11-12,19,21-22,25-26H,3-4,6,9-10,13-18,32H2,1-2H3,(H,34,41)(H2,33,35,42)/t21-,22-,25?,26-,30-,31-/m0/s1. The summed E-state index contributed by atoms with van der Waals surface area (Å²) < 4.78 is -1.08. The van der Waals surface area contributed by atoms with Gasteiger partial charge in [-0.3, -0.25) is 24.1 Å². The SMILES string of the molecule is CCCCCC(=O)N(C(=O)[C@@H](N)CCSC)[C@@]1(C=O)C(=O)CCCC[C@@]2(SC[C@@H]3NC(=O)N[C@@H]32)C(=O)NC1c1ccccc1. The highest BCUT2D eigenvalue weighted by Gasteiger charge is 2.61. The van der Waals surface area contributed by atoms with Gasteiger partial charge in [0.05, 0.1) is 24.2 Å². The quantitative estimate of drug-likeness (QED) is 0.122. The Bertz CT molecular complexity index is 1250. The maximum absolute atomic E-state index is 14.5. The number of thioether (sulfide) groups is 2. The Morgan fingerprint density at radius 2 is 1.89 bits per heavy atom. The molecule has 240 valence electrons. The lowest BCUT2D eigenvalue weighted by Gasteiger charge is -2.45. The van der Waals surface area contributed by atoms with E-state index in [2.05, 4.69) is 16.0 Å². The van der Waals surface area contributed by atoms with Crippen LogP contribution < -0.4 is 21.7 Å². The first kappa shape index (κ1) is 34.0. The lowest BCUT2D eigenvalue weighted by atomic mass is 9.76. The molecule has 1 aromatic carbocycles. The number of nitrogens with one attached hydrogen (secondary N) is 3. The zero-order valence-corrected chi connectivity index (χ0v) is 27.0. The van der Waals surface area contributed by atoms with E-state index in [1.165, 1.54) is 23.5 Å². The van der Waals surface area contributed by atoms with E-state index in [1.807, 2.05) is 13.2 Å². The number of nitrogens with two attached hydrogens (primary N) is 1. The Balaban J connectivity index is 1.88. The molecule has 1 unspecified atom stereocenters. The first-order chi connectivity index (χ1) is 21.2. The highest BCUT2D eigenvalue weighted by atomic mass is 32.2. The number of urea groups is 1. The van der Waals surface area contributed by atoms with Crippen molar-refractivity contribution < 1.29 is 28.8 Å². The molecule has 0 aliphatic carbocycles. The molecule has 3 aliphatic heterocycles. The van der Waals surface area contributed by atoms with Crippen LogP contribution in [0, 0.1) is 0 Å². The molecule has 3 aliphatic rings. The van der Waals surface area contributed by atoms with Crippen LogP contribution in [-0.4, -0.2) is 86.9 Å². The maximum atomic E-state index is 14.5. The molecule has 6 atom stereocenters. The van der Waals surface area contributed by atoms with E-state index in [0.717, 1.165) is 17.7 Å². The minimum atomic E-state index is -2.37. The van der Waals surface area contributed by atoms with Gasteiger partial charge in [0.25, 0.3) is 0 Å². The number of benzene rings is 1. The predicted octanol–water partition coefficient (Wildman–Crippen LogP) is 2.48. The fourth-order valence-electron chi connectivity index (χ4n) is 6.50. The molecule has 0 radical (unpaired) electrons. The number of imide groups is 1. The number of hydrogen-bond donors (Lipinski definition) is 4. The molecule has 11 nitrogen and oxygen atoms in total. The van der Waals surface area contributed by atoms with Crippen LogP contribution in [0.15, 0.2) is 30.3 Å². The first-order valence-electron chi connectivity index (χ1n) is 15.3. The van der Waals surface area contributed by atoms with Gasteiger partial charge in [-0.05, 0) is 43.3 Å². The predicted molar refractivity (Wildman–Crippen MR) is 171 cm³/mol. The summed E-state index contributed by atoms with van der Waals surface area (Å²) in [5.41, 5.74) is 4.37. The van der Waals surface area contributed by atoms with Crippen LogP contribution in [0.4, 0.5) is 4.79 Å². The largest absolute Gasteiger partial charge is 0.345 e. The van der Waals surface area contributed by atoms with Gasteiger partial charge >= 0.3 is 6.03 Å². The summed E-state index contributed by atoms with van der Waals surface area (Å²) in [6.45, 7) is 1.98. The summed E-state index contributed by atoms with van der Waals surface area (Å²) in [5, 5.41) is 8.78. The molecular weight excluding hydrogens is 603 g/mol. The molecule has 44 heavy (non-hydrogen) atoms. The second kappa shape index (κ2) is 14.9. The summed E-state index contributed by atoms with van der Waals surface area (Å²) in [4.78, 5) is 83.7. The molecule has 4 rings (SSSR count). The summed E-state index contributed by atoms with van der Waals surface area (Å²) in [6, 6.07) is 4.85. The highest BCUT2D eigenvalue weighted by Crippen LogP contribution is 2.46. The molecule has 5 N–H and O–H groups in total. The molecule has 0 saturated carbocycles. The normalized spacial score (nSPS) is 29.2. The highest BCUT2D eigenvalue weighted by molar-refractivity contribution is 8.01. The Morgan fingerprint density at radius 1 is 1.14 bits per heavy atom. The van der Waals surface area contributed by atoms with Crippen LogP contribution in [0.1, 0.15) is 76.3 Å². The molecule has 5 amide bonds. The van der Waals surface area contributed by atoms with Crippen molar-refractivity contribution in [1.82, 2.24) is 20.9 Å². The fraction of sp³-hybridized carbons (Fsp3) is 0.613. The summed E-state index contributed by atoms with van der Waals surface area (Å²) in [6.07, 6.45) is 5.49. The van der Waals surface area contributed by atoms with Crippen molar-refractivity contribution >= 4 is 59.3 Å². The van der Waals surface area contributed by atoms with Gasteiger partial charge in [-0.1, -0.05) is 56.5 Å². The van der Waals surface area contributed by atoms with Gasteiger partial charge in [0.1, 0.15) is 4.75 Å². The van der Waals surface area contributed by atoms with Gasteiger partial charge in [-0.15, -0.1) is 11.8 Å². The fourth-order valence-corrected chi connectivity index (χ4v) is 8.62. The molecular formula is C31H43N5O6S2. The van der Waals surface area contributed by atoms with Crippen molar-refractivity contribution in [2.75, 3.05) is 17.8 Å². The Kier molecular flexibility index (Phi) is 11.5. The minimum absolute atomic E-state index is 0.0611. The Hall–Kier alpha value is -2.90. The van der Waals surface area contributed by atoms with E-state index in [9.17, 15) is 28.8 Å². The van der Waals surface area contributed by atoms with Crippen molar-refractivity contribution in [3.8, 4) is 0 Å². The van der Waals surface area contributed by atoms with Gasteiger partial charge in [0, 0.05) is 18.6 Å². The molecule has 1 spiro atoms. The summed E-state index contributed by atoms with van der Waals surface area (Å²) >= 11 is 2.91. The second-order valence-corrected chi connectivity index (χ2v) is 14.0. The second-order valence-electron chi connectivity index (χ2n) is 11.7. The van der Waals surface area contributed by atoms with Gasteiger partial charge in [-0.2, -0.15) is 11.8 Å². The average Bonchev–Trinajstić information content (AvgIpc) is 3.57. The number of nitrogens with zero attached hydrogens (tertiary/aromatic N) is 1. The van der Waals surface area contributed by atoms with Gasteiger partial charge in [-0.25, -0.2) is 4.79 Å². The molecule has 3 heterocycles. The van der Waals surface area contributed by atoms with E-state index in [4.69, 9.17) is 5.73 Å². The zero-order valence-electron chi connectivity index (χ0n) is 25.3. The number of Topliss-reactive ketones (excluding diaryl/α,β-unsaturated/α-hetero) is 1. The third-order valence-electron chi connectivity index (χ3n) is 8.87. The maximum Gasteiger partial charge on any atom is 0.315 e. The number of hydrogen-bond acceptors (Lipinski definition) is 9. The van der Waals surface area contributed by atoms with Crippen LogP contribution in [-0.2, 0) is 24.0 Å². The Morgan fingerprint density at radius 3 is 2.57 bits per heavy atom. The zero-order chi connectivity index (χ0) is 31.9. The molecule has 1 aromatic rings. The van der Waals surface area contributed by atoms with Gasteiger partial charge in [0.2, 0.25) is 17.7 Å². The van der Waals surface area contributed by atoms with Crippen LogP contribution in [0.2, 0.25) is 0 Å². The van der Waals surface area contributed by atoms with Gasteiger partial charge < -0.3 is 26.5 Å². The van der Waals surface area contributed by atoms with E-state index >= 15 is 0 Å². The Labute approximate surface area is 267 Å². The van der Waals surface area contributed by atoms with Crippen LogP contribution in [0.25, 0.3) is 0 Å². The van der Waals surface area contributed by atoms with Crippen LogP contribution >= 0.6 is 23.5 Å². The van der Waals surface area contributed by atoms with Crippen molar-refractivity contribution in [2.24, 2.45) is 5.73 Å². The average molecular weight is 646 g/mol. The molecule has 3 saturated heterocycles. The van der Waals surface area contributed by atoms with Crippen molar-refractivity contribution in [2.45, 2.75) is 99.2 Å². The van der Waals surface area contributed by atoms with E-state index < -0.39 is 51.9 Å². The van der Waals surface area contributed by atoms with E-state index in [-0.39, 0.29) is 31.3 Å². The number of fused-ring (bicyclic) bond motifs is 2. The van der Waals surface area contributed by atoms with Crippen molar-refractivity contribution in [3.63, 3.8) is 0 Å². The smallest absolute Gasteiger partial charge is 0.315 e. The van der Waals surface area contributed by atoms with Crippen LogP contribution in [0.5, 0.6) is 0 Å². The summed E-state index contributed by atoms with van der Waals surface area (Å²) in [7, 11) is 0. The minimum Gasteiger partial charge on any atom is -0.345 e. The van der Waals surface area contributed by atoms with Crippen molar-refractivity contribution in [1.29, 1.82) is 0 Å². The topological polar surface area (TPSA) is 168 Å². The lowest BCUT2D eigenvalue weighted by molar-refractivity contribution is -0.164. The number of aldehydes is 1. The first-order valence-corrected chi connectivity index (χ1v) is 17.7. The van der Waals surface area contributed by atoms with E-state index in [0.29, 0.717) is 49.0 Å². The molecule has 3 fully saturated rings. The third-order valence-corrected chi connectivity index (χ3v) is 11.2. The summed E-state index contributed by atoms with van der Waals surface area (Å²) in [5.74, 6) is -1.53. The molecule has 0 bridgehead atoms. The van der Waals surface area contributed by atoms with Gasteiger partial charge in [0.15, 0.2) is 17.6 Å². The third kappa shape index (κ3) is 6.55. The molecule has 13 heteroatoms. The number of carbonyl (C=O) groups is 6. The number of amides is 5. The van der Waals surface area contributed by atoms with Crippen LogP contribution in [0.3, 0.4) is 0 Å².